The van der Waals surface area contributed by atoms with Crippen LogP contribution in [0.15, 0.2) is 54.6 Å². The second kappa shape index (κ2) is 12.0. The third-order valence-electron chi connectivity index (χ3n) is 5.18. The highest BCUT2D eigenvalue weighted by Crippen LogP contribution is 2.23. The maximum absolute atomic E-state index is 14.2. The van der Waals surface area contributed by atoms with Gasteiger partial charge in [-0.05, 0) is 37.6 Å². The van der Waals surface area contributed by atoms with Crippen molar-refractivity contribution in [2.24, 2.45) is 0 Å². The third kappa shape index (κ3) is 6.78. The molecule has 0 saturated heterocycles. The number of para-hydroxylation sites is 1. The number of esters is 1. The van der Waals surface area contributed by atoms with Crippen molar-refractivity contribution < 1.29 is 18.7 Å². The largest absolute Gasteiger partial charge is 0.452 e. The van der Waals surface area contributed by atoms with Gasteiger partial charge in [0.05, 0.1) is 30.4 Å². The Hall–Kier alpha value is -3.96. The summed E-state index contributed by atoms with van der Waals surface area (Å²) in [6.45, 7) is 3.62. The minimum atomic E-state index is -0.770. The summed E-state index contributed by atoms with van der Waals surface area (Å²) in [7, 11) is 0. The molecule has 180 valence electrons. The van der Waals surface area contributed by atoms with E-state index in [0.717, 1.165) is 22.1 Å². The predicted octanol–water partition coefficient (Wildman–Crippen LogP) is 4.84. The number of ether oxygens (including phenoxy) is 1. The van der Waals surface area contributed by atoms with Crippen LogP contribution in [0.1, 0.15) is 28.8 Å². The van der Waals surface area contributed by atoms with Crippen molar-refractivity contribution in [3.8, 4) is 6.07 Å². The van der Waals surface area contributed by atoms with E-state index in [4.69, 9.17) is 21.6 Å². The van der Waals surface area contributed by atoms with Gasteiger partial charge in [0.25, 0.3) is 5.91 Å². The van der Waals surface area contributed by atoms with E-state index < -0.39 is 24.3 Å². The Morgan fingerprint density at radius 2 is 1.91 bits per heavy atom. The predicted molar refractivity (Wildman–Crippen MR) is 131 cm³/mol. The zero-order valence-corrected chi connectivity index (χ0v) is 20.1. The van der Waals surface area contributed by atoms with Crippen LogP contribution in [0.4, 0.5) is 10.1 Å². The van der Waals surface area contributed by atoms with Crippen LogP contribution in [0.5, 0.6) is 0 Å². The van der Waals surface area contributed by atoms with Crippen LogP contribution >= 0.6 is 11.6 Å². The first-order valence-electron chi connectivity index (χ1n) is 10.8. The average Bonchev–Trinajstić information content (AvgIpc) is 3.11. The van der Waals surface area contributed by atoms with Crippen molar-refractivity contribution in [3.05, 3.63) is 88.0 Å². The molecule has 1 heterocycles. The van der Waals surface area contributed by atoms with E-state index >= 15 is 0 Å². The van der Waals surface area contributed by atoms with E-state index in [-0.39, 0.29) is 18.7 Å². The van der Waals surface area contributed by atoms with Crippen LogP contribution in [-0.2, 0) is 20.9 Å². The summed E-state index contributed by atoms with van der Waals surface area (Å²) >= 11 is 6.47. The van der Waals surface area contributed by atoms with Gasteiger partial charge in [0.15, 0.2) is 6.61 Å². The maximum atomic E-state index is 14.2. The molecule has 3 rings (SSSR count). The Morgan fingerprint density at radius 1 is 1.20 bits per heavy atom. The SMILES string of the molecule is Cc1ccc(Cn2nc(C)c(/C=C/C(=O)OCC(=O)N(CCC#N)c3ccccc3F)c2Cl)cc1. The topological polar surface area (TPSA) is 88.2 Å². The summed E-state index contributed by atoms with van der Waals surface area (Å²) in [6.07, 6.45) is 2.63. The van der Waals surface area contributed by atoms with E-state index in [2.05, 4.69) is 5.10 Å². The molecule has 0 N–H and O–H groups in total. The summed E-state index contributed by atoms with van der Waals surface area (Å²) in [5.41, 5.74) is 3.39. The van der Waals surface area contributed by atoms with Crippen molar-refractivity contribution in [1.29, 1.82) is 5.26 Å². The van der Waals surface area contributed by atoms with E-state index in [1.807, 2.05) is 37.3 Å². The Labute approximate surface area is 208 Å². The number of carbonyl (C=O) groups is 2. The molecule has 0 radical (unpaired) electrons. The number of halogens is 2. The molecular weight excluding hydrogens is 471 g/mol. The Morgan fingerprint density at radius 3 is 2.60 bits per heavy atom. The minimum absolute atomic E-state index is 0.00171. The van der Waals surface area contributed by atoms with Gasteiger partial charge in [0.1, 0.15) is 11.0 Å². The second-order valence-electron chi connectivity index (χ2n) is 7.78. The molecule has 0 aliphatic carbocycles. The summed E-state index contributed by atoms with van der Waals surface area (Å²) in [5.74, 6) is -2.03. The monoisotopic (exact) mass is 494 g/mol. The molecule has 7 nitrogen and oxygen atoms in total. The number of hydrogen-bond acceptors (Lipinski definition) is 5. The number of amides is 1. The molecule has 0 saturated carbocycles. The number of aromatic nitrogens is 2. The molecule has 35 heavy (non-hydrogen) atoms. The first-order valence-corrected chi connectivity index (χ1v) is 11.2. The van der Waals surface area contributed by atoms with Crippen molar-refractivity contribution >= 4 is 35.2 Å². The van der Waals surface area contributed by atoms with E-state index in [1.54, 1.807) is 17.7 Å². The van der Waals surface area contributed by atoms with E-state index in [0.29, 0.717) is 23.0 Å². The summed E-state index contributed by atoms with van der Waals surface area (Å²) in [5, 5.41) is 13.7. The number of nitriles is 1. The lowest BCUT2D eigenvalue weighted by Crippen LogP contribution is -2.36. The smallest absolute Gasteiger partial charge is 0.331 e. The molecule has 3 aromatic rings. The van der Waals surface area contributed by atoms with Gasteiger partial charge in [-0.25, -0.2) is 13.9 Å². The zero-order valence-electron chi connectivity index (χ0n) is 19.4. The van der Waals surface area contributed by atoms with E-state index in [1.165, 1.54) is 24.3 Å². The fourth-order valence-electron chi connectivity index (χ4n) is 3.35. The molecule has 1 aromatic heterocycles. The number of hydrogen-bond donors (Lipinski definition) is 0. The third-order valence-corrected chi connectivity index (χ3v) is 5.58. The number of nitrogens with zero attached hydrogens (tertiary/aromatic N) is 4. The van der Waals surface area contributed by atoms with Crippen molar-refractivity contribution in [3.63, 3.8) is 0 Å². The van der Waals surface area contributed by atoms with Gasteiger partial charge in [0.2, 0.25) is 0 Å². The molecular formula is C26H24ClFN4O3. The Bertz CT molecular complexity index is 1280. The summed E-state index contributed by atoms with van der Waals surface area (Å²) < 4.78 is 20.8. The number of benzene rings is 2. The minimum Gasteiger partial charge on any atom is -0.452 e. The van der Waals surface area contributed by atoms with Gasteiger partial charge in [0, 0.05) is 18.2 Å². The average molecular weight is 495 g/mol. The fraction of sp³-hybridized carbons (Fsp3) is 0.231. The Balaban J connectivity index is 1.64. The first-order chi connectivity index (χ1) is 16.8. The molecule has 1 amide bonds. The summed E-state index contributed by atoms with van der Waals surface area (Å²) in [6, 6.07) is 15.6. The molecule has 0 fully saturated rings. The molecule has 2 aromatic carbocycles. The van der Waals surface area contributed by atoms with Gasteiger partial charge in [-0.1, -0.05) is 53.6 Å². The number of anilines is 1. The maximum Gasteiger partial charge on any atom is 0.331 e. The number of aryl methyl sites for hydroxylation is 2. The van der Waals surface area contributed by atoms with Crippen molar-refractivity contribution in [1.82, 2.24) is 9.78 Å². The fourth-order valence-corrected chi connectivity index (χ4v) is 3.65. The highest BCUT2D eigenvalue weighted by Gasteiger charge is 2.20. The second-order valence-corrected chi connectivity index (χ2v) is 8.14. The molecule has 0 spiro atoms. The lowest BCUT2D eigenvalue weighted by molar-refractivity contribution is -0.142. The zero-order chi connectivity index (χ0) is 25.4. The molecule has 9 heteroatoms. The quantitative estimate of drug-likeness (QED) is 0.313. The van der Waals surface area contributed by atoms with Crippen LogP contribution in [0.2, 0.25) is 5.15 Å². The van der Waals surface area contributed by atoms with Crippen LogP contribution in [0, 0.1) is 31.0 Å². The van der Waals surface area contributed by atoms with Crippen LogP contribution in [0.25, 0.3) is 6.08 Å². The van der Waals surface area contributed by atoms with Gasteiger partial charge in [-0.2, -0.15) is 10.4 Å². The van der Waals surface area contributed by atoms with Gasteiger partial charge >= 0.3 is 5.97 Å². The molecule has 0 unspecified atom stereocenters. The van der Waals surface area contributed by atoms with Crippen LogP contribution in [0.3, 0.4) is 0 Å². The first kappa shape index (κ1) is 25.7. The normalized spacial score (nSPS) is 10.8. The lowest BCUT2D eigenvalue weighted by Gasteiger charge is -2.21. The van der Waals surface area contributed by atoms with Gasteiger partial charge in [-0.3, -0.25) is 4.79 Å². The van der Waals surface area contributed by atoms with Crippen LogP contribution in [-0.4, -0.2) is 34.8 Å². The number of rotatable bonds is 9. The highest BCUT2D eigenvalue weighted by atomic mass is 35.5. The molecule has 0 aliphatic rings. The molecule has 0 bridgehead atoms. The number of carbonyl (C=O) groups excluding carboxylic acids is 2. The molecule has 0 atom stereocenters. The van der Waals surface area contributed by atoms with Gasteiger partial charge < -0.3 is 9.64 Å². The van der Waals surface area contributed by atoms with E-state index in [9.17, 15) is 14.0 Å². The van der Waals surface area contributed by atoms with Crippen LogP contribution < -0.4 is 4.90 Å². The lowest BCUT2D eigenvalue weighted by atomic mass is 10.1. The molecule has 0 aliphatic heterocycles. The van der Waals surface area contributed by atoms with Crippen molar-refractivity contribution in [2.45, 2.75) is 26.8 Å². The Kier molecular flexibility index (Phi) is 8.76. The highest BCUT2D eigenvalue weighted by molar-refractivity contribution is 6.31. The van der Waals surface area contributed by atoms with Gasteiger partial charge in [-0.15, -0.1) is 0 Å². The summed E-state index contributed by atoms with van der Waals surface area (Å²) in [4.78, 5) is 25.9. The van der Waals surface area contributed by atoms with Crippen molar-refractivity contribution in [2.75, 3.05) is 18.1 Å². The standard InChI is InChI=1S/C26H24ClFN4O3/c1-18-8-10-20(11-9-18)16-32-26(27)21(19(2)30-32)12-13-25(34)35-17-24(33)31(15-5-14-29)23-7-4-3-6-22(23)28/h3-4,6-13H,5,15-17H2,1-2H3/b13-12+.